The van der Waals surface area contributed by atoms with Gasteiger partial charge in [0.1, 0.15) is 17.8 Å². The highest BCUT2D eigenvalue weighted by Crippen LogP contribution is 2.76. The first-order chi connectivity index (χ1) is 16.3. The van der Waals surface area contributed by atoms with Gasteiger partial charge in [-0.1, -0.05) is 13.8 Å². The van der Waals surface area contributed by atoms with E-state index >= 15 is 0 Å². The Morgan fingerprint density at radius 3 is 2.34 bits per heavy atom. The summed E-state index contributed by atoms with van der Waals surface area (Å²) in [7, 11) is 0. The summed E-state index contributed by atoms with van der Waals surface area (Å²) in [6.07, 6.45) is 1.05. The van der Waals surface area contributed by atoms with Gasteiger partial charge in [0.15, 0.2) is 5.79 Å². The Kier molecular flexibility index (Phi) is 4.62. The molecule has 198 valence electrons. The lowest BCUT2D eigenvalue weighted by atomic mass is 9.49. The third-order valence-corrected chi connectivity index (χ3v) is 12.8. The second-order valence-corrected chi connectivity index (χ2v) is 14.1. The number of rotatable bonds is 0. The molecule has 3 heterocycles. The predicted octanol–water partition coefficient (Wildman–Crippen LogP) is 0.215. The highest BCUT2D eigenvalue weighted by molar-refractivity contribution is 5.31. The molecule has 0 aromatic carbocycles. The minimum Gasteiger partial charge on any atom is -0.390 e. The lowest BCUT2D eigenvalue weighted by molar-refractivity contribution is -0.290. The van der Waals surface area contributed by atoms with Crippen LogP contribution in [0.25, 0.3) is 0 Å². The lowest BCUT2D eigenvalue weighted by Gasteiger charge is -2.63. The van der Waals surface area contributed by atoms with Gasteiger partial charge in [0.05, 0.1) is 17.3 Å². The molecule has 1 unspecified atom stereocenters. The van der Waals surface area contributed by atoms with E-state index in [9.17, 15) is 30.6 Å². The molecule has 3 aliphatic heterocycles. The summed E-state index contributed by atoms with van der Waals surface area (Å²) < 4.78 is 6.60. The van der Waals surface area contributed by atoms with Gasteiger partial charge in [0.25, 0.3) is 0 Å². The molecule has 4 saturated carbocycles. The second kappa shape index (κ2) is 6.81. The van der Waals surface area contributed by atoms with E-state index in [-0.39, 0.29) is 23.8 Å². The molecule has 8 heteroatoms. The van der Waals surface area contributed by atoms with Crippen molar-refractivity contribution in [2.75, 3.05) is 13.1 Å². The largest absolute Gasteiger partial charge is 0.390 e. The summed E-state index contributed by atoms with van der Waals surface area (Å²) in [5.74, 6) is -2.93. The van der Waals surface area contributed by atoms with Gasteiger partial charge >= 0.3 is 0 Å². The summed E-state index contributed by atoms with van der Waals surface area (Å²) in [6.45, 7) is 7.73. The van der Waals surface area contributed by atoms with Crippen LogP contribution in [0.5, 0.6) is 0 Å². The molecular weight excluding hydrogens is 450 g/mol. The SMILES string of the molecule is C[C@H]1CC[C@@H]2N(C1)C[C@@H]1[C@H]([C@@H](O)[C@H](O)[C@]3(O)[C@H]1C[C@@]14O[C@@]5(O)C(CC[C@@H]31)[C@]4(C)CC[C@@H]5O)[C@]2(C)O. The maximum atomic E-state index is 12.5. The zero-order valence-corrected chi connectivity index (χ0v) is 21.2. The predicted molar refractivity (Wildman–Crippen MR) is 125 cm³/mol. The lowest BCUT2D eigenvalue weighted by Crippen LogP contribution is -2.76. The Bertz CT molecular complexity index is 931. The molecule has 1 spiro atoms. The average Bonchev–Trinajstić information content (AvgIpc) is 3.04. The van der Waals surface area contributed by atoms with Gasteiger partial charge in [-0.2, -0.15) is 0 Å². The van der Waals surface area contributed by atoms with Crippen LogP contribution in [0.4, 0.5) is 0 Å². The summed E-state index contributed by atoms with van der Waals surface area (Å²) in [6, 6.07) is -0.0745. The van der Waals surface area contributed by atoms with Gasteiger partial charge in [-0.15, -0.1) is 0 Å². The number of piperidine rings is 2. The zero-order valence-electron chi connectivity index (χ0n) is 21.2. The van der Waals surface area contributed by atoms with Crippen LogP contribution in [0, 0.1) is 40.9 Å². The average molecular weight is 494 g/mol. The first-order valence-corrected chi connectivity index (χ1v) is 14.0. The van der Waals surface area contributed by atoms with E-state index in [0.717, 1.165) is 19.4 Å². The molecule has 7 rings (SSSR count). The van der Waals surface area contributed by atoms with Crippen molar-refractivity contribution in [2.24, 2.45) is 40.9 Å². The van der Waals surface area contributed by atoms with E-state index in [1.807, 2.05) is 6.92 Å². The van der Waals surface area contributed by atoms with Crippen LogP contribution in [0.1, 0.15) is 65.7 Å². The van der Waals surface area contributed by atoms with E-state index in [1.165, 1.54) is 0 Å². The molecule has 4 bridgehead atoms. The molecule has 0 radical (unpaired) electrons. The molecule has 6 N–H and O–H groups in total. The van der Waals surface area contributed by atoms with Crippen molar-refractivity contribution in [3.63, 3.8) is 0 Å². The van der Waals surface area contributed by atoms with Gasteiger partial charge < -0.3 is 35.4 Å². The minimum atomic E-state index is -1.64. The molecule has 3 saturated heterocycles. The van der Waals surface area contributed by atoms with Gasteiger partial charge in [-0.3, -0.25) is 4.90 Å². The molecular formula is C27H43NO7. The Balaban J connectivity index is 1.35. The third kappa shape index (κ3) is 2.44. The molecule has 0 amide bonds. The fourth-order valence-electron chi connectivity index (χ4n) is 11.4. The number of aliphatic hydroxyl groups is 6. The number of hydrogen-bond acceptors (Lipinski definition) is 8. The fourth-order valence-corrected chi connectivity index (χ4v) is 11.4. The maximum absolute atomic E-state index is 12.5. The van der Waals surface area contributed by atoms with Crippen LogP contribution in [0.2, 0.25) is 0 Å². The maximum Gasteiger partial charge on any atom is 0.196 e. The topological polar surface area (TPSA) is 134 Å². The minimum absolute atomic E-state index is 0.0745. The molecule has 4 aliphatic carbocycles. The van der Waals surface area contributed by atoms with E-state index < -0.39 is 58.2 Å². The number of aliphatic hydroxyl groups excluding tert-OH is 3. The van der Waals surface area contributed by atoms with Gasteiger partial charge in [-0.05, 0) is 69.6 Å². The van der Waals surface area contributed by atoms with Crippen molar-refractivity contribution in [2.45, 2.75) is 113 Å². The van der Waals surface area contributed by atoms with Crippen molar-refractivity contribution in [1.29, 1.82) is 0 Å². The van der Waals surface area contributed by atoms with E-state index in [4.69, 9.17) is 4.74 Å². The van der Waals surface area contributed by atoms with Crippen LogP contribution in [0.15, 0.2) is 0 Å². The first-order valence-electron chi connectivity index (χ1n) is 14.0. The van der Waals surface area contributed by atoms with E-state index in [0.29, 0.717) is 44.6 Å². The van der Waals surface area contributed by atoms with Crippen LogP contribution in [-0.2, 0) is 4.74 Å². The summed E-state index contributed by atoms with van der Waals surface area (Å²) in [5.41, 5.74) is -4.08. The number of fused-ring (bicyclic) bond motifs is 5. The van der Waals surface area contributed by atoms with E-state index in [1.54, 1.807) is 0 Å². The number of nitrogens with zero attached hydrogens (tertiary/aromatic N) is 1. The van der Waals surface area contributed by atoms with Gasteiger partial charge in [0, 0.05) is 42.3 Å². The zero-order chi connectivity index (χ0) is 24.9. The molecule has 7 fully saturated rings. The molecule has 15 atom stereocenters. The Labute approximate surface area is 207 Å². The summed E-state index contributed by atoms with van der Waals surface area (Å²) >= 11 is 0. The fraction of sp³-hybridized carbons (Fsp3) is 1.00. The van der Waals surface area contributed by atoms with Crippen LogP contribution < -0.4 is 0 Å². The number of hydrogen-bond donors (Lipinski definition) is 6. The number of ether oxygens (including phenoxy) is 1. The highest BCUT2D eigenvalue weighted by Gasteiger charge is 2.84. The second-order valence-electron chi connectivity index (χ2n) is 14.1. The third-order valence-electron chi connectivity index (χ3n) is 12.8. The Hall–Kier alpha value is -0.320. The van der Waals surface area contributed by atoms with Gasteiger partial charge in [0.2, 0.25) is 0 Å². The first kappa shape index (κ1) is 23.8. The van der Waals surface area contributed by atoms with Crippen molar-refractivity contribution in [3.05, 3.63) is 0 Å². The molecule has 35 heavy (non-hydrogen) atoms. The molecule has 0 aromatic rings. The highest BCUT2D eigenvalue weighted by atomic mass is 16.7. The van der Waals surface area contributed by atoms with Crippen molar-refractivity contribution >= 4 is 0 Å². The quantitative estimate of drug-likeness (QED) is 0.282. The summed E-state index contributed by atoms with van der Waals surface area (Å²) in [4.78, 5) is 2.36. The Morgan fingerprint density at radius 2 is 1.60 bits per heavy atom. The van der Waals surface area contributed by atoms with E-state index in [2.05, 4.69) is 18.7 Å². The monoisotopic (exact) mass is 493 g/mol. The molecule has 8 nitrogen and oxygen atoms in total. The van der Waals surface area contributed by atoms with Crippen molar-refractivity contribution < 1.29 is 35.4 Å². The molecule has 0 aromatic heterocycles. The normalized spacial score (nSPS) is 67.5. The van der Waals surface area contributed by atoms with Gasteiger partial charge in [-0.25, -0.2) is 0 Å². The van der Waals surface area contributed by atoms with Crippen LogP contribution in [-0.4, -0.2) is 95.6 Å². The summed E-state index contributed by atoms with van der Waals surface area (Å²) in [5, 5.41) is 69.9. The molecule has 7 aliphatic rings. The smallest absolute Gasteiger partial charge is 0.196 e. The van der Waals surface area contributed by atoms with Crippen molar-refractivity contribution in [1.82, 2.24) is 4.90 Å². The van der Waals surface area contributed by atoms with Crippen LogP contribution >= 0.6 is 0 Å². The Morgan fingerprint density at radius 1 is 0.886 bits per heavy atom. The van der Waals surface area contributed by atoms with Crippen LogP contribution in [0.3, 0.4) is 0 Å². The standard InChI is InChI=1S/C27H43NO7/c1-13-4-7-18-24(3,32)20-14(12-28(18)11-13)15-10-25-17(26(15,33)22(31)21(20)30)6-5-16-23(25,2)9-8-19(29)27(16,34)35-25/h13-22,29-34H,4-12H2,1-3H3/t13-,14-,15-,16?,17+,18-,19-,20+,21+,22-,23-,24+,25+,26-,27-/m0/s1. The van der Waals surface area contributed by atoms with Crippen molar-refractivity contribution in [3.8, 4) is 0 Å².